The fourth-order valence-electron chi connectivity index (χ4n) is 2.14. The Morgan fingerprint density at radius 3 is 2.50 bits per heavy atom. The first-order chi connectivity index (χ1) is 11.8. The zero-order chi connectivity index (χ0) is 16.8. The number of hydrazone groups is 1. The standard InChI is InChI=1S/C15H19N9/c1-3-16-13-21-12(22-14(23-13)17-4-2)9-18-24-15-19-10-7-5-6-8-11(10)20-15/h5-10H,3-4H2,1-2H3,(H,19,24)(H2,16,17,21,22,23)/b18-9+. The Morgan fingerprint density at radius 1 is 1.08 bits per heavy atom. The van der Waals surface area contributed by atoms with Crippen LogP contribution in [-0.4, -0.2) is 52.0 Å². The molecule has 0 amide bonds. The maximum atomic E-state index is 4.41. The van der Waals surface area contributed by atoms with Crippen molar-refractivity contribution in [1.29, 1.82) is 0 Å². The molecule has 9 heteroatoms. The number of nitrogens with one attached hydrogen (secondary N) is 3. The van der Waals surface area contributed by atoms with E-state index in [1.165, 1.54) is 6.21 Å². The van der Waals surface area contributed by atoms with Crippen LogP contribution < -0.4 is 16.1 Å². The van der Waals surface area contributed by atoms with Crippen LogP contribution in [0.4, 0.5) is 11.9 Å². The molecule has 1 aliphatic heterocycles. The number of aromatic nitrogens is 3. The first-order valence-electron chi connectivity index (χ1n) is 7.82. The topological polar surface area (TPSA) is 112 Å². The molecule has 0 fully saturated rings. The van der Waals surface area contributed by atoms with Crippen molar-refractivity contribution in [2.75, 3.05) is 23.7 Å². The molecule has 3 rings (SSSR count). The fraction of sp³-hybridized carbons (Fsp3) is 0.333. The minimum atomic E-state index is -0.0226. The molecule has 2 heterocycles. The van der Waals surface area contributed by atoms with Gasteiger partial charge in [-0.3, -0.25) is 0 Å². The molecule has 9 nitrogen and oxygen atoms in total. The van der Waals surface area contributed by atoms with Crippen LogP contribution in [0.2, 0.25) is 0 Å². The van der Waals surface area contributed by atoms with Gasteiger partial charge in [0.25, 0.3) is 0 Å². The predicted octanol–water partition coefficient (Wildman–Crippen LogP) is 0.964. The summed E-state index contributed by atoms with van der Waals surface area (Å²) in [6, 6.07) is -0.0226. The van der Waals surface area contributed by atoms with Crippen molar-refractivity contribution in [1.82, 2.24) is 20.4 Å². The third-order valence-electron chi connectivity index (χ3n) is 3.14. The third kappa shape index (κ3) is 3.80. The molecule has 1 aromatic rings. The van der Waals surface area contributed by atoms with Crippen LogP contribution in [0.5, 0.6) is 0 Å². The van der Waals surface area contributed by atoms with E-state index in [4.69, 9.17) is 0 Å². The summed E-state index contributed by atoms with van der Waals surface area (Å²) in [5, 5.41) is 10.2. The Hall–Kier alpha value is -3.10. The van der Waals surface area contributed by atoms with Crippen molar-refractivity contribution in [3.63, 3.8) is 0 Å². The van der Waals surface area contributed by atoms with Crippen molar-refractivity contribution in [2.45, 2.75) is 19.9 Å². The molecule has 3 N–H and O–H groups in total. The van der Waals surface area contributed by atoms with E-state index in [1.807, 2.05) is 38.2 Å². The minimum absolute atomic E-state index is 0.0226. The highest BCUT2D eigenvalue weighted by Crippen LogP contribution is 2.11. The lowest BCUT2D eigenvalue weighted by molar-refractivity contribution is 0.969. The maximum absolute atomic E-state index is 4.41. The zero-order valence-electron chi connectivity index (χ0n) is 13.6. The Morgan fingerprint density at radius 2 is 1.83 bits per heavy atom. The lowest BCUT2D eigenvalue weighted by Gasteiger charge is -2.06. The van der Waals surface area contributed by atoms with Gasteiger partial charge in [0.15, 0.2) is 5.82 Å². The molecule has 0 aromatic carbocycles. The van der Waals surface area contributed by atoms with Gasteiger partial charge in [-0.2, -0.15) is 20.1 Å². The van der Waals surface area contributed by atoms with Gasteiger partial charge in [0, 0.05) is 13.1 Å². The van der Waals surface area contributed by atoms with E-state index in [0.717, 1.165) is 18.8 Å². The molecule has 0 saturated heterocycles. The Kier molecular flexibility index (Phi) is 4.90. The number of nitrogens with zero attached hydrogens (tertiary/aromatic N) is 6. The number of allylic oxidation sites excluding steroid dienone is 2. The molecule has 2 aliphatic rings. The number of fused-ring (bicyclic) bond motifs is 1. The second-order valence-electron chi connectivity index (χ2n) is 4.95. The van der Waals surface area contributed by atoms with E-state index in [-0.39, 0.29) is 6.04 Å². The average Bonchev–Trinajstić information content (AvgIpc) is 2.98. The van der Waals surface area contributed by atoms with Gasteiger partial charge in [0.05, 0.1) is 11.9 Å². The van der Waals surface area contributed by atoms with Crippen molar-refractivity contribution >= 4 is 29.8 Å². The van der Waals surface area contributed by atoms with Gasteiger partial charge in [-0.25, -0.2) is 15.4 Å². The number of guanidine groups is 1. The molecular formula is C15H19N9. The SMILES string of the molecule is CCNc1nc(/C=N/NC2=NC3C=CC=CC3=N2)nc(NCC)n1. The quantitative estimate of drug-likeness (QED) is 0.530. The summed E-state index contributed by atoms with van der Waals surface area (Å²) in [7, 11) is 0. The van der Waals surface area contributed by atoms with Gasteiger partial charge >= 0.3 is 0 Å². The molecule has 1 atom stereocenters. The lowest BCUT2D eigenvalue weighted by Crippen LogP contribution is -2.15. The number of hydrogen-bond donors (Lipinski definition) is 3. The second-order valence-corrected chi connectivity index (χ2v) is 4.95. The normalized spacial score (nSPS) is 18.3. The fourth-order valence-corrected chi connectivity index (χ4v) is 2.14. The Bertz CT molecular complexity index is 721. The summed E-state index contributed by atoms with van der Waals surface area (Å²) in [6.45, 7) is 5.40. The van der Waals surface area contributed by atoms with Gasteiger partial charge in [0.1, 0.15) is 6.04 Å². The van der Waals surface area contributed by atoms with Crippen molar-refractivity contribution < 1.29 is 0 Å². The van der Waals surface area contributed by atoms with Crippen LogP contribution in [-0.2, 0) is 0 Å². The largest absolute Gasteiger partial charge is 0.354 e. The van der Waals surface area contributed by atoms with Crippen LogP contribution in [0.1, 0.15) is 19.7 Å². The number of anilines is 2. The highest BCUT2D eigenvalue weighted by atomic mass is 15.4. The van der Waals surface area contributed by atoms with Gasteiger partial charge in [0.2, 0.25) is 17.9 Å². The molecule has 124 valence electrons. The van der Waals surface area contributed by atoms with Crippen LogP contribution in [0.25, 0.3) is 0 Å². The van der Waals surface area contributed by atoms with Crippen LogP contribution in [0.15, 0.2) is 39.4 Å². The van der Waals surface area contributed by atoms with Gasteiger partial charge in [-0.15, -0.1) is 0 Å². The third-order valence-corrected chi connectivity index (χ3v) is 3.14. The molecule has 1 unspecified atom stereocenters. The van der Waals surface area contributed by atoms with Crippen LogP contribution >= 0.6 is 0 Å². The van der Waals surface area contributed by atoms with Gasteiger partial charge in [-0.05, 0) is 19.9 Å². The smallest absolute Gasteiger partial charge is 0.240 e. The first-order valence-corrected chi connectivity index (χ1v) is 7.82. The van der Waals surface area contributed by atoms with E-state index in [2.05, 4.69) is 46.1 Å². The van der Waals surface area contributed by atoms with Crippen molar-refractivity contribution in [3.05, 3.63) is 30.1 Å². The maximum Gasteiger partial charge on any atom is 0.240 e. The highest BCUT2D eigenvalue weighted by molar-refractivity contribution is 6.12. The van der Waals surface area contributed by atoms with Crippen LogP contribution in [0.3, 0.4) is 0 Å². The second kappa shape index (κ2) is 7.44. The molecule has 0 saturated carbocycles. The number of hydrogen-bond acceptors (Lipinski definition) is 9. The summed E-state index contributed by atoms with van der Waals surface area (Å²) in [5.41, 5.74) is 3.71. The highest BCUT2D eigenvalue weighted by Gasteiger charge is 2.19. The molecule has 1 aliphatic carbocycles. The van der Waals surface area contributed by atoms with Gasteiger partial charge in [-0.1, -0.05) is 18.2 Å². The molecule has 24 heavy (non-hydrogen) atoms. The lowest BCUT2D eigenvalue weighted by atomic mass is 10.1. The Labute approximate surface area is 139 Å². The predicted molar refractivity (Wildman–Crippen MR) is 95.8 cm³/mol. The van der Waals surface area contributed by atoms with E-state index >= 15 is 0 Å². The first kappa shape index (κ1) is 15.8. The monoisotopic (exact) mass is 325 g/mol. The molecular weight excluding hydrogens is 306 g/mol. The minimum Gasteiger partial charge on any atom is -0.354 e. The molecule has 1 aromatic heterocycles. The molecule has 0 bridgehead atoms. The van der Waals surface area contributed by atoms with Crippen molar-refractivity contribution in [3.8, 4) is 0 Å². The van der Waals surface area contributed by atoms with E-state index in [1.54, 1.807) is 0 Å². The molecule has 0 radical (unpaired) electrons. The summed E-state index contributed by atoms with van der Waals surface area (Å²) in [5.74, 6) is 1.91. The van der Waals surface area contributed by atoms with E-state index in [0.29, 0.717) is 23.7 Å². The number of rotatable bonds is 6. The summed E-state index contributed by atoms with van der Waals surface area (Å²) >= 11 is 0. The summed E-state index contributed by atoms with van der Waals surface area (Å²) < 4.78 is 0. The van der Waals surface area contributed by atoms with Crippen molar-refractivity contribution in [2.24, 2.45) is 15.1 Å². The Balaban J connectivity index is 1.69. The number of aliphatic imine (C=N–C) groups is 2. The van der Waals surface area contributed by atoms with E-state index in [9.17, 15) is 0 Å². The summed E-state index contributed by atoms with van der Waals surface area (Å²) in [4.78, 5) is 21.6. The summed E-state index contributed by atoms with van der Waals surface area (Å²) in [6.07, 6.45) is 9.32. The van der Waals surface area contributed by atoms with Crippen LogP contribution in [0, 0.1) is 0 Å². The molecule has 0 spiro atoms. The van der Waals surface area contributed by atoms with E-state index < -0.39 is 0 Å². The average molecular weight is 325 g/mol. The van der Waals surface area contributed by atoms with Gasteiger partial charge < -0.3 is 10.6 Å². The zero-order valence-corrected chi connectivity index (χ0v) is 13.6.